The van der Waals surface area contributed by atoms with Crippen LogP contribution in [0.2, 0.25) is 10.0 Å². The summed E-state index contributed by atoms with van der Waals surface area (Å²) in [5.41, 5.74) is 6.68. The monoisotopic (exact) mass is 496 g/mol. The molecule has 0 radical (unpaired) electrons. The van der Waals surface area contributed by atoms with Gasteiger partial charge in [-0.15, -0.1) is 0 Å². The first kappa shape index (κ1) is 25.0. The number of pyridine rings is 1. The van der Waals surface area contributed by atoms with Crippen molar-refractivity contribution >= 4 is 40.9 Å². The summed E-state index contributed by atoms with van der Waals surface area (Å²) < 4.78 is 16.1. The third-order valence-electron chi connectivity index (χ3n) is 5.31. The number of piperidine rings is 1. The van der Waals surface area contributed by atoms with Crippen LogP contribution in [0, 0.1) is 0 Å². The average Bonchev–Trinajstić information content (AvgIpc) is 2.80. The number of nitrogens with two attached hydrogens (primary N) is 1. The average molecular weight is 497 g/mol. The van der Waals surface area contributed by atoms with E-state index < -0.39 is 5.91 Å². The third kappa shape index (κ3) is 6.70. The minimum absolute atomic E-state index is 0.0791. The van der Waals surface area contributed by atoms with Crippen LogP contribution in [0.15, 0.2) is 30.3 Å². The smallest absolute Gasteiger partial charge is 0.320 e. The van der Waals surface area contributed by atoms with Crippen LogP contribution in [-0.2, 0) is 20.9 Å². The predicted octanol–water partition coefficient (Wildman–Crippen LogP) is 2.54. The predicted molar refractivity (Wildman–Crippen MR) is 125 cm³/mol. The molecule has 1 saturated heterocycles. The maximum Gasteiger partial charge on any atom is 0.320 e. The number of ether oxygens (including phenoxy) is 3. The Morgan fingerprint density at radius 1 is 1.27 bits per heavy atom. The summed E-state index contributed by atoms with van der Waals surface area (Å²) >= 11 is 12.0. The number of anilines is 1. The van der Waals surface area contributed by atoms with Gasteiger partial charge < -0.3 is 25.3 Å². The highest BCUT2D eigenvalue weighted by Crippen LogP contribution is 2.25. The van der Waals surface area contributed by atoms with E-state index in [2.05, 4.69) is 10.3 Å². The fourth-order valence-electron chi connectivity index (χ4n) is 3.60. The molecule has 0 aliphatic carbocycles. The van der Waals surface area contributed by atoms with E-state index in [1.165, 1.54) is 13.2 Å². The maximum absolute atomic E-state index is 12.8. The molecule has 0 unspecified atom stereocenters. The van der Waals surface area contributed by atoms with Crippen LogP contribution in [0.4, 0.5) is 5.82 Å². The summed E-state index contributed by atoms with van der Waals surface area (Å²) in [5.74, 6) is -0.582. The van der Waals surface area contributed by atoms with Gasteiger partial charge in [0.25, 0.3) is 5.91 Å². The van der Waals surface area contributed by atoms with E-state index in [9.17, 15) is 9.59 Å². The molecule has 1 aliphatic rings. The first-order chi connectivity index (χ1) is 15.8. The zero-order chi connectivity index (χ0) is 24.0. The molecule has 1 aromatic heterocycles. The van der Waals surface area contributed by atoms with Crippen LogP contribution in [0.25, 0.3) is 0 Å². The van der Waals surface area contributed by atoms with Gasteiger partial charge in [-0.3, -0.25) is 14.5 Å². The summed E-state index contributed by atoms with van der Waals surface area (Å²) in [7, 11) is 2.96. The summed E-state index contributed by atoms with van der Waals surface area (Å²) in [6.45, 7) is 1.30. The van der Waals surface area contributed by atoms with Crippen molar-refractivity contribution in [3.8, 4) is 5.88 Å². The molecule has 0 spiro atoms. The Kier molecular flexibility index (Phi) is 8.74. The van der Waals surface area contributed by atoms with E-state index in [4.69, 9.17) is 43.1 Å². The first-order valence-corrected chi connectivity index (χ1v) is 11.0. The number of benzene rings is 1. The van der Waals surface area contributed by atoms with Gasteiger partial charge in [0.2, 0.25) is 5.88 Å². The highest BCUT2D eigenvalue weighted by molar-refractivity contribution is 6.33. The number of nitrogens with zero attached hydrogens (tertiary/aromatic N) is 2. The molecule has 2 atom stereocenters. The fourth-order valence-corrected chi connectivity index (χ4v) is 3.96. The number of hydrogen-bond donors (Lipinski definition) is 2. The molecule has 178 valence electrons. The van der Waals surface area contributed by atoms with Crippen LogP contribution in [0.5, 0.6) is 5.88 Å². The van der Waals surface area contributed by atoms with Gasteiger partial charge in [-0.25, -0.2) is 0 Å². The van der Waals surface area contributed by atoms with Crippen molar-refractivity contribution < 1.29 is 23.8 Å². The summed E-state index contributed by atoms with van der Waals surface area (Å²) in [6, 6.07) is 8.30. The fraction of sp³-hybridized carbons (Fsp3) is 0.409. The topological polar surface area (TPSA) is 116 Å². The summed E-state index contributed by atoms with van der Waals surface area (Å²) in [6.07, 6.45) is 0.246. The molecule has 11 heteroatoms. The number of esters is 1. The Bertz CT molecular complexity index is 1010. The molecule has 1 fully saturated rings. The number of carbonyl (C=O) groups excluding carboxylic acids is 2. The maximum atomic E-state index is 12.8. The summed E-state index contributed by atoms with van der Waals surface area (Å²) in [4.78, 5) is 31.1. The van der Waals surface area contributed by atoms with Gasteiger partial charge in [0.15, 0.2) is 0 Å². The van der Waals surface area contributed by atoms with E-state index in [1.54, 1.807) is 25.3 Å². The van der Waals surface area contributed by atoms with Crippen molar-refractivity contribution in [1.82, 2.24) is 15.2 Å². The number of nitrogen functional groups attached to an aromatic ring is 1. The molecule has 0 saturated carbocycles. The van der Waals surface area contributed by atoms with E-state index in [-0.39, 0.29) is 53.6 Å². The van der Waals surface area contributed by atoms with Crippen molar-refractivity contribution in [2.45, 2.75) is 25.2 Å². The Morgan fingerprint density at radius 3 is 2.76 bits per heavy atom. The molecule has 33 heavy (non-hydrogen) atoms. The summed E-state index contributed by atoms with van der Waals surface area (Å²) in [5, 5.41) is 3.70. The Morgan fingerprint density at radius 2 is 2.06 bits per heavy atom. The van der Waals surface area contributed by atoms with Gasteiger partial charge in [-0.05, 0) is 30.2 Å². The van der Waals surface area contributed by atoms with Crippen LogP contribution in [0.1, 0.15) is 22.3 Å². The number of halogens is 2. The van der Waals surface area contributed by atoms with Gasteiger partial charge in [0.05, 0.1) is 30.8 Å². The number of rotatable bonds is 8. The van der Waals surface area contributed by atoms with Gasteiger partial charge >= 0.3 is 5.97 Å². The van der Waals surface area contributed by atoms with Gasteiger partial charge in [-0.1, -0.05) is 35.3 Å². The molecule has 3 rings (SSSR count). The number of likely N-dealkylation sites (tertiary alicyclic amines) is 1. The Hall–Kier alpha value is -2.59. The normalized spacial score (nSPS) is 18.5. The Balaban J connectivity index is 1.54. The molecule has 2 aromatic rings. The third-order valence-corrected chi connectivity index (χ3v) is 5.85. The standard InChI is InChI=1S/C22H26Cl2N4O5/c1-31-18-10-28(11-19(29)33-12-13-4-3-5-14(23)8-13)7-6-17(18)26-21(30)15-9-16(24)20(25)27-22(15)32-2/h3-5,8-9,17-18H,6-7,10-12H2,1-2H3,(H2,25,27)(H,26,30)/t17-,18+/m0/s1. The lowest BCUT2D eigenvalue weighted by Gasteiger charge is -2.37. The van der Waals surface area contributed by atoms with Crippen molar-refractivity contribution in [2.24, 2.45) is 0 Å². The second-order valence-electron chi connectivity index (χ2n) is 7.58. The second-order valence-corrected chi connectivity index (χ2v) is 8.42. The van der Waals surface area contributed by atoms with Crippen LogP contribution < -0.4 is 15.8 Å². The lowest BCUT2D eigenvalue weighted by atomic mass is 10.0. The van der Waals surface area contributed by atoms with Gasteiger partial charge in [0, 0.05) is 25.2 Å². The molecular weight excluding hydrogens is 471 g/mol. The van der Waals surface area contributed by atoms with Crippen LogP contribution in [-0.4, -0.2) is 67.8 Å². The zero-order valence-electron chi connectivity index (χ0n) is 18.3. The van der Waals surface area contributed by atoms with Crippen molar-refractivity contribution in [1.29, 1.82) is 0 Å². The molecule has 2 heterocycles. The number of methoxy groups -OCH3 is 2. The van der Waals surface area contributed by atoms with Gasteiger partial charge in [-0.2, -0.15) is 4.98 Å². The van der Waals surface area contributed by atoms with Gasteiger partial charge in [0.1, 0.15) is 18.0 Å². The molecule has 1 aliphatic heterocycles. The molecule has 1 aromatic carbocycles. The molecule has 9 nitrogen and oxygen atoms in total. The molecule has 0 bridgehead atoms. The highest BCUT2D eigenvalue weighted by atomic mass is 35.5. The number of carbonyl (C=O) groups is 2. The van der Waals surface area contributed by atoms with E-state index in [0.29, 0.717) is 24.5 Å². The SMILES string of the molecule is COc1nc(N)c(Cl)cc1C(=O)N[C@H]1CCN(CC(=O)OCc2cccc(Cl)c2)C[C@H]1OC. The highest BCUT2D eigenvalue weighted by Gasteiger charge is 2.32. The van der Waals surface area contributed by atoms with E-state index >= 15 is 0 Å². The number of hydrogen-bond acceptors (Lipinski definition) is 8. The number of amides is 1. The quantitative estimate of drug-likeness (QED) is 0.535. The van der Waals surface area contributed by atoms with E-state index in [1.807, 2.05) is 11.0 Å². The molecular formula is C22H26Cl2N4O5. The van der Waals surface area contributed by atoms with Crippen molar-refractivity contribution in [2.75, 3.05) is 39.6 Å². The Labute approximate surface area is 202 Å². The van der Waals surface area contributed by atoms with Crippen LogP contribution in [0.3, 0.4) is 0 Å². The lowest BCUT2D eigenvalue weighted by Crippen LogP contribution is -2.55. The van der Waals surface area contributed by atoms with E-state index in [0.717, 1.165) is 5.56 Å². The lowest BCUT2D eigenvalue weighted by molar-refractivity contribution is -0.147. The second kappa shape index (κ2) is 11.5. The number of aromatic nitrogens is 1. The van der Waals surface area contributed by atoms with Crippen molar-refractivity contribution in [3.05, 3.63) is 51.5 Å². The largest absolute Gasteiger partial charge is 0.480 e. The first-order valence-electron chi connectivity index (χ1n) is 10.3. The number of nitrogens with one attached hydrogen (secondary N) is 1. The van der Waals surface area contributed by atoms with Crippen molar-refractivity contribution in [3.63, 3.8) is 0 Å². The zero-order valence-corrected chi connectivity index (χ0v) is 19.9. The minimum Gasteiger partial charge on any atom is -0.480 e. The minimum atomic E-state index is -0.400. The molecule has 1 amide bonds. The van der Waals surface area contributed by atoms with Crippen LogP contribution >= 0.6 is 23.2 Å². The molecule has 3 N–H and O–H groups in total.